The standard InChI is InChI=1S/C11H14FN5O5/c1-21-11-15-7-5(8(20)16-11)14-10(13)17(7)9-4(12)6(19)3(2-18)22-9/h3-4,6,9,18-19H,2H2,1H3,(H2,13,14)(H,15,16,20)/t3-,4-,6-,9-/m1/s1. The van der Waals surface area contributed by atoms with Crippen LogP contribution in [0, 0.1) is 0 Å². The number of aromatic nitrogens is 4. The molecule has 2 aromatic heterocycles. The van der Waals surface area contributed by atoms with Crippen molar-refractivity contribution < 1.29 is 24.1 Å². The minimum Gasteiger partial charge on any atom is -0.468 e. The van der Waals surface area contributed by atoms with Gasteiger partial charge in [0.25, 0.3) is 11.6 Å². The fraction of sp³-hybridized carbons (Fsp3) is 0.545. The van der Waals surface area contributed by atoms with Gasteiger partial charge in [-0.15, -0.1) is 0 Å². The van der Waals surface area contributed by atoms with E-state index >= 15 is 0 Å². The fourth-order valence-corrected chi connectivity index (χ4v) is 2.39. The first-order valence-corrected chi connectivity index (χ1v) is 6.38. The number of halogens is 1. The maximum atomic E-state index is 14.2. The Kier molecular flexibility index (Phi) is 3.47. The maximum absolute atomic E-state index is 14.2. The number of aromatic amines is 1. The van der Waals surface area contributed by atoms with Crippen LogP contribution in [0.1, 0.15) is 6.23 Å². The van der Waals surface area contributed by atoms with Crippen LogP contribution in [0.25, 0.3) is 11.2 Å². The van der Waals surface area contributed by atoms with Crippen molar-refractivity contribution in [1.82, 2.24) is 19.5 Å². The summed E-state index contributed by atoms with van der Waals surface area (Å²) in [4.78, 5) is 22.0. The summed E-state index contributed by atoms with van der Waals surface area (Å²) in [5.74, 6) is -0.209. The average molecular weight is 315 g/mol. The van der Waals surface area contributed by atoms with E-state index in [1.54, 1.807) is 0 Å². The number of nitrogens with two attached hydrogens (primary N) is 1. The van der Waals surface area contributed by atoms with Crippen LogP contribution in [0.2, 0.25) is 0 Å². The highest BCUT2D eigenvalue weighted by Gasteiger charge is 2.46. The van der Waals surface area contributed by atoms with Gasteiger partial charge in [0.05, 0.1) is 13.7 Å². The van der Waals surface area contributed by atoms with Crippen LogP contribution < -0.4 is 16.0 Å². The summed E-state index contributed by atoms with van der Waals surface area (Å²) in [5.41, 5.74) is 4.94. The Hall–Kier alpha value is -2.24. The van der Waals surface area contributed by atoms with Gasteiger partial charge in [0.1, 0.15) is 12.2 Å². The molecule has 0 unspecified atom stereocenters. The van der Waals surface area contributed by atoms with E-state index in [-0.39, 0.29) is 23.1 Å². The molecule has 0 bridgehead atoms. The number of rotatable bonds is 3. The van der Waals surface area contributed by atoms with Gasteiger partial charge < -0.3 is 25.4 Å². The van der Waals surface area contributed by atoms with Gasteiger partial charge in [-0.05, 0) is 0 Å². The molecule has 120 valence electrons. The monoisotopic (exact) mass is 315 g/mol. The van der Waals surface area contributed by atoms with Gasteiger partial charge in [-0.3, -0.25) is 14.3 Å². The molecule has 0 aromatic carbocycles. The Morgan fingerprint density at radius 1 is 1.55 bits per heavy atom. The number of nitrogens with one attached hydrogen (secondary N) is 1. The number of ether oxygens (including phenoxy) is 2. The SMILES string of the molecule is COc1nc2c(nc(N)n2[C@@H]2O[C@H](CO)[C@@H](O)[C@H]2F)c(=O)[nH]1. The number of imidazole rings is 1. The number of nitrogen functional groups attached to an aromatic ring is 1. The predicted molar refractivity (Wildman–Crippen MR) is 71.0 cm³/mol. The van der Waals surface area contributed by atoms with E-state index < -0.39 is 36.8 Å². The zero-order chi connectivity index (χ0) is 16.0. The second kappa shape index (κ2) is 5.19. The fourth-order valence-electron chi connectivity index (χ4n) is 2.39. The molecule has 0 saturated carbocycles. The Labute approximate surface area is 122 Å². The number of hydrogen-bond donors (Lipinski definition) is 4. The molecule has 5 N–H and O–H groups in total. The van der Waals surface area contributed by atoms with Crippen molar-refractivity contribution in [1.29, 1.82) is 0 Å². The van der Waals surface area contributed by atoms with E-state index in [0.717, 1.165) is 4.57 Å². The molecule has 1 fully saturated rings. The number of aliphatic hydroxyl groups is 2. The van der Waals surface area contributed by atoms with Crippen LogP contribution in [-0.2, 0) is 4.74 Å². The van der Waals surface area contributed by atoms with E-state index in [1.165, 1.54) is 7.11 Å². The van der Waals surface area contributed by atoms with E-state index in [4.69, 9.17) is 20.3 Å². The van der Waals surface area contributed by atoms with Crippen molar-refractivity contribution in [2.45, 2.75) is 24.6 Å². The lowest BCUT2D eigenvalue weighted by atomic mass is 10.1. The molecular weight excluding hydrogens is 301 g/mol. The minimum atomic E-state index is -1.87. The number of H-pyrrole nitrogens is 1. The molecular formula is C11H14FN5O5. The van der Waals surface area contributed by atoms with Gasteiger partial charge in [-0.25, -0.2) is 9.37 Å². The summed E-state index contributed by atoms with van der Waals surface area (Å²) in [5, 5.41) is 18.8. The molecule has 3 heterocycles. The second-order valence-electron chi connectivity index (χ2n) is 4.77. The Balaban J connectivity index is 2.17. The zero-order valence-electron chi connectivity index (χ0n) is 11.4. The Bertz CT molecular complexity index is 761. The third-order valence-electron chi connectivity index (χ3n) is 3.48. The largest absolute Gasteiger partial charge is 0.468 e. The van der Waals surface area contributed by atoms with Crippen molar-refractivity contribution in [3.8, 4) is 6.01 Å². The molecule has 1 aliphatic heterocycles. The molecule has 3 rings (SSSR count). The van der Waals surface area contributed by atoms with Crippen molar-refractivity contribution in [2.75, 3.05) is 19.5 Å². The van der Waals surface area contributed by atoms with E-state index in [9.17, 15) is 14.3 Å². The minimum absolute atomic E-state index is 0.0449. The summed E-state index contributed by atoms with van der Waals surface area (Å²) in [6.45, 7) is -0.568. The van der Waals surface area contributed by atoms with Crippen molar-refractivity contribution >= 4 is 17.1 Å². The van der Waals surface area contributed by atoms with E-state index in [1.807, 2.05) is 0 Å². The van der Waals surface area contributed by atoms with Crippen molar-refractivity contribution in [3.05, 3.63) is 10.4 Å². The van der Waals surface area contributed by atoms with Crippen LogP contribution >= 0.6 is 0 Å². The van der Waals surface area contributed by atoms with Gasteiger partial charge in [0.2, 0.25) is 5.95 Å². The number of fused-ring (bicyclic) bond motifs is 1. The van der Waals surface area contributed by atoms with Gasteiger partial charge in [0.15, 0.2) is 23.6 Å². The van der Waals surface area contributed by atoms with Crippen LogP contribution in [0.15, 0.2) is 4.79 Å². The second-order valence-corrected chi connectivity index (χ2v) is 4.77. The van der Waals surface area contributed by atoms with Crippen LogP contribution in [0.4, 0.5) is 10.3 Å². The first-order chi connectivity index (χ1) is 10.5. The quantitative estimate of drug-likeness (QED) is 0.523. The van der Waals surface area contributed by atoms with Crippen LogP contribution in [-0.4, -0.2) is 61.8 Å². The van der Waals surface area contributed by atoms with Crippen LogP contribution in [0.5, 0.6) is 6.01 Å². The van der Waals surface area contributed by atoms with E-state index in [0.29, 0.717) is 0 Å². The topological polar surface area (TPSA) is 149 Å². The van der Waals surface area contributed by atoms with E-state index in [2.05, 4.69) is 15.0 Å². The number of hydrogen-bond acceptors (Lipinski definition) is 8. The number of alkyl halides is 1. The summed E-state index contributed by atoms with van der Waals surface area (Å²) in [6.07, 6.45) is -5.88. The summed E-state index contributed by atoms with van der Waals surface area (Å²) >= 11 is 0. The first kappa shape index (κ1) is 14.7. The van der Waals surface area contributed by atoms with Crippen molar-refractivity contribution in [3.63, 3.8) is 0 Å². The maximum Gasteiger partial charge on any atom is 0.298 e. The van der Waals surface area contributed by atoms with Gasteiger partial charge in [-0.2, -0.15) is 4.98 Å². The highest BCUT2D eigenvalue weighted by Crippen LogP contribution is 2.35. The smallest absolute Gasteiger partial charge is 0.298 e. The summed E-state index contributed by atoms with van der Waals surface area (Å²) in [7, 11) is 1.30. The molecule has 22 heavy (non-hydrogen) atoms. The molecule has 0 spiro atoms. The highest BCUT2D eigenvalue weighted by molar-refractivity contribution is 5.73. The lowest BCUT2D eigenvalue weighted by molar-refractivity contribution is -0.0451. The zero-order valence-corrected chi connectivity index (χ0v) is 11.4. The number of nitrogens with zero attached hydrogens (tertiary/aromatic N) is 3. The molecule has 11 heteroatoms. The summed E-state index contributed by atoms with van der Waals surface area (Å²) in [6, 6.07) is -0.105. The first-order valence-electron chi connectivity index (χ1n) is 6.38. The third kappa shape index (κ3) is 2.01. The van der Waals surface area contributed by atoms with Crippen LogP contribution in [0.3, 0.4) is 0 Å². The molecule has 0 radical (unpaired) electrons. The molecule has 1 aliphatic rings. The third-order valence-corrected chi connectivity index (χ3v) is 3.48. The Morgan fingerprint density at radius 2 is 2.27 bits per heavy atom. The highest BCUT2D eigenvalue weighted by atomic mass is 19.1. The van der Waals surface area contributed by atoms with Gasteiger partial charge >= 0.3 is 0 Å². The summed E-state index contributed by atoms with van der Waals surface area (Å²) < 4.78 is 25.4. The molecule has 0 aliphatic carbocycles. The number of methoxy groups -OCH3 is 1. The lowest BCUT2D eigenvalue weighted by Gasteiger charge is -2.16. The normalized spacial score (nSPS) is 28.4. The number of anilines is 1. The van der Waals surface area contributed by atoms with Gasteiger partial charge in [-0.1, -0.05) is 0 Å². The molecule has 2 aromatic rings. The lowest BCUT2D eigenvalue weighted by Crippen LogP contribution is -2.30. The average Bonchev–Trinajstić information content (AvgIpc) is 2.97. The Morgan fingerprint density at radius 3 is 2.86 bits per heavy atom. The molecule has 10 nitrogen and oxygen atoms in total. The number of aliphatic hydroxyl groups excluding tert-OH is 2. The predicted octanol–water partition coefficient (Wildman–Crippen LogP) is -1.70. The van der Waals surface area contributed by atoms with Crippen molar-refractivity contribution in [2.24, 2.45) is 0 Å². The molecule has 1 saturated heterocycles. The van der Waals surface area contributed by atoms with Gasteiger partial charge in [0, 0.05) is 0 Å². The molecule has 0 amide bonds. The molecule has 4 atom stereocenters.